The first-order chi connectivity index (χ1) is 14.8. The number of aliphatic hydroxyl groups is 4. The van der Waals surface area contributed by atoms with Crippen LogP contribution in [0.5, 0.6) is 17.2 Å². The van der Waals surface area contributed by atoms with E-state index in [0.717, 1.165) is 11.6 Å². The average molecular weight is 436 g/mol. The molecule has 10 nitrogen and oxygen atoms in total. The maximum atomic E-state index is 12.1. The van der Waals surface area contributed by atoms with E-state index in [-0.39, 0.29) is 17.9 Å². The zero-order valence-corrected chi connectivity index (χ0v) is 16.3. The summed E-state index contributed by atoms with van der Waals surface area (Å²) in [5.74, 6) is -1.76. The standard InChI is InChI=1S/C21H24O10/c22-12-6-7-15(13(23)9-12)30-21-19(27)18(26)17(25)16(31-21)10-29-20(28)14(24)8-11-4-2-1-3-5-11/h1-7,9,14,16-19,21-27H,8,10H2/t14?,16-,17-,18-,19-,21-/m1/s1. The maximum Gasteiger partial charge on any atom is 0.335 e. The van der Waals surface area contributed by atoms with Crippen LogP contribution in [0.1, 0.15) is 5.56 Å². The monoisotopic (exact) mass is 436 g/mol. The van der Waals surface area contributed by atoms with Crippen LogP contribution in [0.3, 0.4) is 0 Å². The Morgan fingerprint density at radius 2 is 1.71 bits per heavy atom. The van der Waals surface area contributed by atoms with Gasteiger partial charge in [0.2, 0.25) is 6.29 Å². The quantitative estimate of drug-likeness (QED) is 0.310. The van der Waals surface area contributed by atoms with Gasteiger partial charge in [0, 0.05) is 12.5 Å². The van der Waals surface area contributed by atoms with E-state index in [1.165, 1.54) is 12.1 Å². The molecule has 168 valence electrons. The van der Waals surface area contributed by atoms with Crippen LogP contribution in [0, 0.1) is 0 Å². The number of hydrogen-bond donors (Lipinski definition) is 6. The summed E-state index contributed by atoms with van der Waals surface area (Å²) in [6.07, 6.45) is -9.21. The van der Waals surface area contributed by atoms with Gasteiger partial charge in [0.1, 0.15) is 36.8 Å². The fourth-order valence-electron chi connectivity index (χ4n) is 3.06. The van der Waals surface area contributed by atoms with Crippen LogP contribution < -0.4 is 4.74 Å². The van der Waals surface area contributed by atoms with E-state index in [1.54, 1.807) is 30.3 Å². The van der Waals surface area contributed by atoms with Crippen molar-refractivity contribution in [2.24, 2.45) is 0 Å². The lowest BCUT2D eigenvalue weighted by Crippen LogP contribution is -2.60. The van der Waals surface area contributed by atoms with Gasteiger partial charge in [-0.2, -0.15) is 0 Å². The first kappa shape index (κ1) is 22.8. The molecule has 0 spiro atoms. The van der Waals surface area contributed by atoms with Crippen molar-refractivity contribution in [3.63, 3.8) is 0 Å². The Morgan fingerprint density at radius 1 is 1.00 bits per heavy atom. The molecule has 1 heterocycles. The van der Waals surface area contributed by atoms with Crippen LogP contribution in [0.15, 0.2) is 48.5 Å². The second-order valence-electron chi connectivity index (χ2n) is 7.12. The van der Waals surface area contributed by atoms with Gasteiger partial charge in [0.25, 0.3) is 0 Å². The molecular formula is C21H24O10. The van der Waals surface area contributed by atoms with E-state index >= 15 is 0 Å². The Morgan fingerprint density at radius 3 is 2.39 bits per heavy atom. The maximum absolute atomic E-state index is 12.1. The number of esters is 1. The van der Waals surface area contributed by atoms with Gasteiger partial charge in [0.05, 0.1) is 0 Å². The van der Waals surface area contributed by atoms with Crippen molar-refractivity contribution in [3.05, 3.63) is 54.1 Å². The number of benzene rings is 2. The van der Waals surface area contributed by atoms with Gasteiger partial charge in [-0.3, -0.25) is 0 Å². The minimum Gasteiger partial charge on any atom is -0.508 e. The predicted octanol–water partition coefficient (Wildman–Crippen LogP) is -0.569. The second-order valence-corrected chi connectivity index (χ2v) is 7.12. The molecular weight excluding hydrogens is 412 g/mol. The molecule has 0 amide bonds. The van der Waals surface area contributed by atoms with Crippen molar-refractivity contribution in [3.8, 4) is 17.2 Å². The molecule has 3 rings (SSSR count). The minimum absolute atomic E-state index is 0.0287. The lowest BCUT2D eigenvalue weighted by molar-refractivity contribution is -0.279. The molecule has 0 saturated carbocycles. The van der Waals surface area contributed by atoms with Crippen molar-refractivity contribution in [2.75, 3.05) is 6.61 Å². The SMILES string of the molecule is O=C(OC[C@H]1O[C@@H](Oc2ccc(O)cc2O)[C@H](O)[C@H](O)[C@@H]1O)C(O)Cc1ccccc1. The first-order valence-electron chi connectivity index (χ1n) is 9.53. The van der Waals surface area contributed by atoms with Crippen molar-refractivity contribution >= 4 is 5.97 Å². The summed E-state index contributed by atoms with van der Waals surface area (Å²) in [5, 5.41) is 59.5. The lowest BCUT2D eigenvalue weighted by Gasteiger charge is -2.40. The molecule has 1 fully saturated rings. The Bertz CT molecular complexity index is 874. The molecule has 2 aromatic carbocycles. The number of aromatic hydroxyl groups is 2. The topological polar surface area (TPSA) is 166 Å². The number of carbonyl (C=O) groups is 1. The fraction of sp³-hybridized carbons (Fsp3) is 0.381. The van der Waals surface area contributed by atoms with Gasteiger partial charge >= 0.3 is 5.97 Å². The summed E-state index contributed by atoms with van der Waals surface area (Å²) >= 11 is 0. The molecule has 31 heavy (non-hydrogen) atoms. The molecule has 6 atom stereocenters. The van der Waals surface area contributed by atoms with Crippen molar-refractivity contribution < 1.29 is 49.6 Å². The molecule has 1 aliphatic rings. The van der Waals surface area contributed by atoms with E-state index in [0.29, 0.717) is 0 Å². The van der Waals surface area contributed by atoms with E-state index in [2.05, 4.69) is 0 Å². The number of ether oxygens (including phenoxy) is 3. The van der Waals surface area contributed by atoms with Gasteiger partial charge in [-0.15, -0.1) is 0 Å². The van der Waals surface area contributed by atoms with Gasteiger partial charge in [-0.05, 0) is 17.7 Å². The molecule has 1 aliphatic heterocycles. The highest BCUT2D eigenvalue weighted by Gasteiger charge is 2.45. The molecule has 0 aromatic heterocycles. The molecule has 0 bridgehead atoms. The lowest BCUT2D eigenvalue weighted by atomic mass is 9.99. The summed E-state index contributed by atoms with van der Waals surface area (Å²) in [4.78, 5) is 12.1. The van der Waals surface area contributed by atoms with Crippen LogP contribution >= 0.6 is 0 Å². The van der Waals surface area contributed by atoms with Crippen LogP contribution in [-0.2, 0) is 20.7 Å². The normalized spacial score (nSPS) is 26.8. The van der Waals surface area contributed by atoms with Crippen molar-refractivity contribution in [2.45, 2.75) is 43.2 Å². The summed E-state index contributed by atoms with van der Waals surface area (Å²) in [5.41, 5.74) is 0.724. The molecule has 0 aliphatic carbocycles. The molecule has 1 unspecified atom stereocenters. The van der Waals surface area contributed by atoms with Crippen LogP contribution in [0.25, 0.3) is 0 Å². The number of phenols is 2. The third-order valence-corrected chi connectivity index (χ3v) is 4.79. The number of phenolic OH excluding ortho intramolecular Hbond substituents is 2. The largest absolute Gasteiger partial charge is 0.508 e. The van der Waals surface area contributed by atoms with Gasteiger partial charge < -0.3 is 44.8 Å². The zero-order valence-electron chi connectivity index (χ0n) is 16.3. The number of carbonyl (C=O) groups excluding carboxylic acids is 1. The van der Waals surface area contributed by atoms with E-state index in [4.69, 9.17) is 14.2 Å². The number of aliphatic hydroxyl groups excluding tert-OH is 4. The predicted molar refractivity (Wildman–Crippen MR) is 104 cm³/mol. The first-order valence-corrected chi connectivity index (χ1v) is 9.53. The highest BCUT2D eigenvalue weighted by molar-refractivity contribution is 5.74. The highest BCUT2D eigenvalue weighted by Crippen LogP contribution is 2.32. The Hall–Kier alpha value is -2.89. The van der Waals surface area contributed by atoms with E-state index in [9.17, 15) is 35.4 Å². The molecule has 10 heteroatoms. The smallest absolute Gasteiger partial charge is 0.335 e. The number of hydrogen-bond acceptors (Lipinski definition) is 10. The van der Waals surface area contributed by atoms with Crippen LogP contribution in [-0.4, -0.2) is 80.0 Å². The third-order valence-electron chi connectivity index (χ3n) is 4.79. The minimum atomic E-state index is -1.70. The average Bonchev–Trinajstić information content (AvgIpc) is 2.75. The van der Waals surface area contributed by atoms with E-state index < -0.39 is 55.1 Å². The van der Waals surface area contributed by atoms with Gasteiger partial charge in [-0.1, -0.05) is 30.3 Å². The number of rotatable bonds is 7. The summed E-state index contributed by atoms with van der Waals surface area (Å²) in [6, 6.07) is 12.2. The summed E-state index contributed by atoms with van der Waals surface area (Å²) in [6.45, 7) is -0.531. The van der Waals surface area contributed by atoms with Gasteiger partial charge in [0.15, 0.2) is 17.6 Å². The Balaban J connectivity index is 1.60. The van der Waals surface area contributed by atoms with E-state index in [1.807, 2.05) is 0 Å². The highest BCUT2D eigenvalue weighted by atomic mass is 16.7. The zero-order chi connectivity index (χ0) is 22.5. The molecule has 6 N–H and O–H groups in total. The summed E-state index contributed by atoms with van der Waals surface area (Å²) < 4.78 is 15.7. The van der Waals surface area contributed by atoms with Crippen LogP contribution in [0.4, 0.5) is 0 Å². The van der Waals surface area contributed by atoms with Crippen molar-refractivity contribution in [1.82, 2.24) is 0 Å². The molecule has 0 radical (unpaired) electrons. The fourth-order valence-corrected chi connectivity index (χ4v) is 3.06. The Kier molecular flexibility index (Phi) is 7.31. The van der Waals surface area contributed by atoms with Gasteiger partial charge in [-0.25, -0.2) is 4.79 Å². The summed E-state index contributed by atoms with van der Waals surface area (Å²) in [7, 11) is 0. The second kappa shape index (κ2) is 9.94. The molecule has 1 saturated heterocycles. The molecule has 2 aromatic rings. The third kappa shape index (κ3) is 5.63. The Labute approximate surface area is 177 Å². The van der Waals surface area contributed by atoms with Crippen LogP contribution in [0.2, 0.25) is 0 Å². The van der Waals surface area contributed by atoms with Crippen molar-refractivity contribution in [1.29, 1.82) is 0 Å².